The Morgan fingerprint density at radius 2 is 1.93 bits per heavy atom. The highest BCUT2D eigenvalue weighted by Gasteiger charge is 2.25. The van der Waals surface area contributed by atoms with E-state index in [9.17, 15) is 13.6 Å². The summed E-state index contributed by atoms with van der Waals surface area (Å²) >= 11 is 3.23. The Bertz CT molecular complexity index is 846. The van der Waals surface area contributed by atoms with E-state index in [2.05, 4.69) is 26.1 Å². The van der Waals surface area contributed by atoms with Crippen molar-refractivity contribution in [3.63, 3.8) is 0 Å². The second kappa shape index (κ2) is 10.1. The third-order valence-electron chi connectivity index (χ3n) is 4.76. The molecule has 29 heavy (non-hydrogen) atoms. The summed E-state index contributed by atoms with van der Waals surface area (Å²) in [6, 6.07) is 10.2. The summed E-state index contributed by atoms with van der Waals surface area (Å²) in [6.45, 7) is 4.52. The number of rotatable bonds is 7. The number of morpholine rings is 1. The smallest absolute Gasteiger partial charge is 0.260 e. The van der Waals surface area contributed by atoms with Crippen LogP contribution in [0.2, 0.25) is 0 Å². The zero-order valence-corrected chi connectivity index (χ0v) is 17.6. The molecule has 2 aromatic carbocycles. The van der Waals surface area contributed by atoms with Crippen molar-refractivity contribution in [2.45, 2.75) is 19.1 Å². The second-order valence-electron chi connectivity index (χ2n) is 6.80. The second-order valence-corrected chi connectivity index (χ2v) is 7.65. The number of hydrogen-bond acceptors (Lipinski definition) is 4. The highest BCUT2D eigenvalue weighted by atomic mass is 79.9. The van der Waals surface area contributed by atoms with Crippen LogP contribution in [0.15, 0.2) is 46.9 Å². The van der Waals surface area contributed by atoms with Crippen molar-refractivity contribution < 1.29 is 23.0 Å². The van der Waals surface area contributed by atoms with Crippen LogP contribution >= 0.6 is 15.9 Å². The lowest BCUT2D eigenvalue weighted by molar-refractivity contribution is -0.127. The lowest BCUT2D eigenvalue weighted by atomic mass is 10.0. The van der Waals surface area contributed by atoms with Gasteiger partial charge in [0.05, 0.1) is 23.7 Å². The van der Waals surface area contributed by atoms with Crippen LogP contribution in [0.1, 0.15) is 18.5 Å². The molecule has 0 bridgehead atoms. The Morgan fingerprint density at radius 1 is 1.21 bits per heavy atom. The largest absolute Gasteiger partial charge is 0.480 e. The highest BCUT2D eigenvalue weighted by molar-refractivity contribution is 9.10. The lowest BCUT2D eigenvalue weighted by Gasteiger charge is -2.35. The minimum absolute atomic E-state index is 0.177. The monoisotopic (exact) mass is 468 g/mol. The average molecular weight is 469 g/mol. The first kappa shape index (κ1) is 21.7. The van der Waals surface area contributed by atoms with Crippen molar-refractivity contribution in [2.24, 2.45) is 0 Å². The number of carbonyl (C=O) groups is 1. The van der Waals surface area contributed by atoms with E-state index >= 15 is 0 Å². The first-order chi connectivity index (χ1) is 13.9. The Hall–Kier alpha value is -2.03. The first-order valence-corrected chi connectivity index (χ1v) is 10.2. The third-order valence-corrected chi connectivity index (χ3v) is 5.38. The van der Waals surface area contributed by atoms with Gasteiger partial charge in [-0.15, -0.1) is 0 Å². The molecule has 2 atom stereocenters. The van der Waals surface area contributed by atoms with Gasteiger partial charge in [0.1, 0.15) is 17.4 Å². The average Bonchev–Trinajstić information content (AvgIpc) is 2.71. The molecule has 1 heterocycles. The van der Waals surface area contributed by atoms with Crippen LogP contribution in [-0.4, -0.2) is 49.8 Å². The zero-order valence-electron chi connectivity index (χ0n) is 16.0. The molecule has 3 rings (SSSR count). The number of halogens is 3. The van der Waals surface area contributed by atoms with Crippen molar-refractivity contribution in [3.8, 4) is 5.75 Å². The molecule has 0 saturated carbocycles. The molecule has 0 radical (unpaired) electrons. The maximum absolute atomic E-state index is 13.7. The molecule has 0 aromatic heterocycles. The maximum atomic E-state index is 13.7. The van der Waals surface area contributed by atoms with Gasteiger partial charge < -0.3 is 14.8 Å². The van der Waals surface area contributed by atoms with Crippen molar-refractivity contribution >= 4 is 21.8 Å². The Balaban J connectivity index is 1.65. The van der Waals surface area contributed by atoms with E-state index in [1.807, 2.05) is 6.07 Å². The molecule has 2 aromatic rings. The van der Waals surface area contributed by atoms with Gasteiger partial charge in [-0.05, 0) is 58.7 Å². The maximum Gasteiger partial charge on any atom is 0.260 e. The van der Waals surface area contributed by atoms with Gasteiger partial charge in [-0.25, -0.2) is 8.78 Å². The molecule has 2 unspecified atom stereocenters. The molecule has 156 valence electrons. The molecule has 8 heteroatoms. The van der Waals surface area contributed by atoms with Crippen LogP contribution in [0.3, 0.4) is 0 Å². The zero-order chi connectivity index (χ0) is 20.8. The van der Waals surface area contributed by atoms with E-state index in [0.717, 1.165) is 5.56 Å². The molecule has 1 aliphatic heterocycles. The summed E-state index contributed by atoms with van der Waals surface area (Å²) in [5, 5.41) is 2.89. The van der Waals surface area contributed by atoms with Crippen molar-refractivity contribution in [1.29, 1.82) is 0 Å². The summed E-state index contributed by atoms with van der Waals surface area (Å²) in [7, 11) is 0. The van der Waals surface area contributed by atoms with Crippen LogP contribution in [0.5, 0.6) is 5.75 Å². The summed E-state index contributed by atoms with van der Waals surface area (Å²) in [5.74, 6) is -0.644. The fourth-order valence-electron chi connectivity index (χ4n) is 3.22. The highest BCUT2D eigenvalue weighted by Crippen LogP contribution is 2.26. The van der Waals surface area contributed by atoms with Gasteiger partial charge in [-0.2, -0.15) is 0 Å². The molecule has 1 aliphatic rings. The third kappa shape index (κ3) is 5.98. The quantitative estimate of drug-likeness (QED) is 0.673. The van der Waals surface area contributed by atoms with Gasteiger partial charge in [0.2, 0.25) is 0 Å². The van der Waals surface area contributed by atoms with Gasteiger partial charge in [-0.3, -0.25) is 9.69 Å². The predicted octanol–water partition coefficient (Wildman–Crippen LogP) is 3.68. The van der Waals surface area contributed by atoms with E-state index in [-0.39, 0.29) is 17.8 Å². The summed E-state index contributed by atoms with van der Waals surface area (Å²) in [4.78, 5) is 14.7. The first-order valence-electron chi connectivity index (χ1n) is 9.40. The molecule has 0 aliphatic carbocycles. The molecular formula is C21H23BrF2N2O3. The predicted molar refractivity (Wildman–Crippen MR) is 109 cm³/mol. The fourth-order valence-corrected chi connectivity index (χ4v) is 3.66. The normalized spacial score (nSPS) is 16.8. The van der Waals surface area contributed by atoms with E-state index in [1.165, 1.54) is 30.3 Å². The Morgan fingerprint density at radius 3 is 2.62 bits per heavy atom. The lowest BCUT2D eigenvalue weighted by Crippen LogP contribution is -2.46. The van der Waals surface area contributed by atoms with Crippen LogP contribution in [0.4, 0.5) is 8.78 Å². The molecule has 1 N–H and O–H groups in total. The molecule has 1 fully saturated rings. The van der Waals surface area contributed by atoms with E-state index in [4.69, 9.17) is 9.47 Å². The van der Waals surface area contributed by atoms with E-state index in [1.54, 1.807) is 13.0 Å². The Labute approximate surface area is 177 Å². The molecule has 1 saturated heterocycles. The fraction of sp³-hybridized carbons (Fsp3) is 0.381. The van der Waals surface area contributed by atoms with Gasteiger partial charge in [-0.1, -0.05) is 12.1 Å². The van der Waals surface area contributed by atoms with Crippen LogP contribution in [0.25, 0.3) is 0 Å². The van der Waals surface area contributed by atoms with Gasteiger partial charge in [0, 0.05) is 19.6 Å². The Kier molecular flexibility index (Phi) is 7.57. The number of amides is 1. The number of benzene rings is 2. The SMILES string of the molecule is CC(Oc1ccc(F)cc1Br)C(=O)NCC(c1cccc(F)c1)N1CCOCC1. The van der Waals surface area contributed by atoms with Crippen LogP contribution < -0.4 is 10.1 Å². The van der Waals surface area contributed by atoms with Crippen molar-refractivity contribution in [3.05, 3.63) is 64.1 Å². The van der Waals surface area contributed by atoms with Crippen molar-refractivity contribution in [1.82, 2.24) is 10.2 Å². The number of hydrogen-bond donors (Lipinski definition) is 1. The van der Waals surface area contributed by atoms with Crippen LogP contribution in [0, 0.1) is 11.6 Å². The van der Waals surface area contributed by atoms with Crippen molar-refractivity contribution in [2.75, 3.05) is 32.8 Å². The number of nitrogens with one attached hydrogen (secondary N) is 1. The number of nitrogens with zero attached hydrogens (tertiary/aromatic N) is 1. The summed E-state index contributed by atoms with van der Waals surface area (Å²) in [5.41, 5.74) is 0.794. The van der Waals surface area contributed by atoms with Gasteiger partial charge in [0.25, 0.3) is 5.91 Å². The summed E-state index contributed by atoms with van der Waals surface area (Å²) in [6.07, 6.45) is -0.783. The molecular weight excluding hydrogens is 446 g/mol. The molecule has 0 spiro atoms. The van der Waals surface area contributed by atoms with Gasteiger partial charge >= 0.3 is 0 Å². The number of carbonyl (C=O) groups excluding carboxylic acids is 1. The van der Waals surface area contributed by atoms with Crippen LogP contribution in [-0.2, 0) is 9.53 Å². The molecule has 5 nitrogen and oxygen atoms in total. The number of ether oxygens (including phenoxy) is 2. The van der Waals surface area contributed by atoms with E-state index in [0.29, 0.717) is 43.1 Å². The summed E-state index contributed by atoms with van der Waals surface area (Å²) < 4.78 is 38.4. The van der Waals surface area contributed by atoms with E-state index < -0.39 is 11.9 Å². The minimum atomic E-state index is -0.783. The standard InChI is InChI=1S/C21H23BrF2N2O3/c1-14(29-20-6-5-17(24)12-18(20)22)21(27)25-13-19(26-7-9-28-10-8-26)15-3-2-4-16(23)11-15/h2-6,11-12,14,19H,7-10,13H2,1H3,(H,25,27). The van der Waals surface area contributed by atoms with Gasteiger partial charge in [0.15, 0.2) is 6.10 Å². The topological polar surface area (TPSA) is 50.8 Å². The minimum Gasteiger partial charge on any atom is -0.480 e. The molecule has 1 amide bonds.